The van der Waals surface area contributed by atoms with Gasteiger partial charge in [0.25, 0.3) is 0 Å². The summed E-state index contributed by atoms with van der Waals surface area (Å²) in [5, 5.41) is 18.5. The number of benzene rings is 3. The topological polar surface area (TPSA) is 119 Å². The van der Waals surface area contributed by atoms with E-state index in [0.29, 0.717) is 22.7 Å². The summed E-state index contributed by atoms with van der Waals surface area (Å²) >= 11 is 0. The predicted octanol–water partition coefficient (Wildman–Crippen LogP) is 3.45. The van der Waals surface area contributed by atoms with Crippen LogP contribution in [-0.4, -0.2) is 18.8 Å². The fraction of sp³-hybridized carbons (Fsp3) is 0.100. The van der Waals surface area contributed by atoms with Crippen LogP contribution in [0.15, 0.2) is 93.3 Å². The van der Waals surface area contributed by atoms with Crippen molar-refractivity contribution in [2.24, 2.45) is 20.5 Å². The second kappa shape index (κ2) is 11.5. The smallest absolute Gasteiger partial charge is 0.747 e. The molecule has 1 N–H and O–H groups in total. The van der Waals surface area contributed by atoms with Gasteiger partial charge < -0.3 is 9.87 Å². The Morgan fingerprint density at radius 2 is 1.03 bits per heavy atom. The SMILES string of the molecule is O=S(=O)([O-])CNc1ccc(N=Nc2ccc(N=Nc3ccc(C(F)(F)F)cc3)cc2)cc1.[Na+]. The van der Waals surface area contributed by atoms with E-state index in [9.17, 15) is 26.1 Å². The predicted molar refractivity (Wildman–Crippen MR) is 111 cm³/mol. The van der Waals surface area contributed by atoms with Crippen LogP contribution in [0.2, 0.25) is 0 Å². The van der Waals surface area contributed by atoms with E-state index in [4.69, 9.17) is 0 Å². The van der Waals surface area contributed by atoms with Crippen molar-refractivity contribution >= 4 is 38.6 Å². The molecule has 0 aliphatic carbocycles. The van der Waals surface area contributed by atoms with E-state index >= 15 is 0 Å². The maximum atomic E-state index is 12.6. The van der Waals surface area contributed by atoms with E-state index in [1.54, 1.807) is 48.5 Å². The molecule has 3 rings (SSSR count). The Hall–Kier alpha value is -2.64. The van der Waals surface area contributed by atoms with Crippen molar-refractivity contribution in [3.63, 3.8) is 0 Å². The van der Waals surface area contributed by atoms with E-state index in [2.05, 4.69) is 25.8 Å². The van der Waals surface area contributed by atoms with Crippen molar-refractivity contribution in [3.05, 3.63) is 78.4 Å². The van der Waals surface area contributed by atoms with Crippen LogP contribution in [0.4, 0.5) is 41.6 Å². The van der Waals surface area contributed by atoms with E-state index in [1.165, 1.54) is 12.1 Å². The van der Waals surface area contributed by atoms with Gasteiger partial charge in [0.1, 0.15) is 16.0 Å². The fourth-order valence-corrected chi connectivity index (χ4v) is 2.70. The number of alkyl halides is 3. The molecule has 0 radical (unpaired) electrons. The first-order chi connectivity index (χ1) is 15.1. The van der Waals surface area contributed by atoms with E-state index in [1.807, 2.05) is 0 Å². The first-order valence-electron chi connectivity index (χ1n) is 8.97. The zero-order chi connectivity index (χ0) is 23.2. The van der Waals surface area contributed by atoms with Gasteiger partial charge in [-0.1, -0.05) is 0 Å². The van der Waals surface area contributed by atoms with Crippen LogP contribution in [0, 0.1) is 0 Å². The van der Waals surface area contributed by atoms with Crippen molar-refractivity contribution in [2.75, 3.05) is 11.2 Å². The fourth-order valence-electron chi connectivity index (χ4n) is 2.35. The average molecular weight is 485 g/mol. The maximum Gasteiger partial charge on any atom is 1.00 e. The minimum atomic E-state index is -4.40. The van der Waals surface area contributed by atoms with Crippen LogP contribution in [0.3, 0.4) is 0 Å². The summed E-state index contributed by atoms with van der Waals surface area (Å²) in [5.41, 5.74) is 1.49. The molecule has 0 spiro atoms. The van der Waals surface area contributed by atoms with Gasteiger partial charge >= 0.3 is 35.7 Å². The molecule has 0 aromatic heterocycles. The molecule has 0 aliphatic heterocycles. The Labute approximate surface area is 209 Å². The Morgan fingerprint density at radius 1 is 0.697 bits per heavy atom. The van der Waals surface area contributed by atoms with Crippen molar-refractivity contribution in [1.82, 2.24) is 0 Å². The minimum Gasteiger partial charge on any atom is -0.747 e. The molecular weight excluding hydrogens is 470 g/mol. The Bertz CT molecular complexity index is 1220. The third kappa shape index (κ3) is 9.02. The first-order valence-corrected chi connectivity index (χ1v) is 10.5. The molecule has 0 saturated heterocycles. The van der Waals surface area contributed by atoms with Crippen LogP contribution in [0.1, 0.15) is 5.56 Å². The van der Waals surface area contributed by atoms with Crippen molar-refractivity contribution in [1.29, 1.82) is 0 Å². The molecular formula is C20H15F3N5NaO3S. The van der Waals surface area contributed by atoms with Crippen molar-refractivity contribution in [2.45, 2.75) is 6.18 Å². The van der Waals surface area contributed by atoms with Gasteiger partial charge in [-0.2, -0.15) is 33.6 Å². The number of azo groups is 2. The third-order valence-corrected chi connectivity index (χ3v) is 4.42. The summed E-state index contributed by atoms with van der Waals surface area (Å²) in [6.45, 7) is 0. The zero-order valence-electron chi connectivity index (χ0n) is 17.2. The Kier molecular flexibility index (Phi) is 9.25. The van der Waals surface area contributed by atoms with Crippen LogP contribution >= 0.6 is 0 Å². The van der Waals surface area contributed by atoms with Gasteiger partial charge in [-0.05, 0) is 72.8 Å². The summed E-state index contributed by atoms with van der Waals surface area (Å²) in [6, 6.07) is 17.2. The normalized spacial score (nSPS) is 12.1. The molecule has 0 saturated carbocycles. The van der Waals surface area contributed by atoms with Gasteiger partial charge in [0.05, 0.1) is 28.3 Å². The first kappa shape index (κ1) is 26.6. The molecule has 8 nitrogen and oxygen atoms in total. The van der Waals surface area contributed by atoms with Gasteiger partial charge in [-0.15, -0.1) is 0 Å². The molecule has 13 heteroatoms. The molecule has 0 heterocycles. The van der Waals surface area contributed by atoms with E-state index < -0.39 is 27.7 Å². The number of halogens is 3. The zero-order valence-corrected chi connectivity index (χ0v) is 20.0. The average Bonchev–Trinajstić information content (AvgIpc) is 2.75. The molecule has 33 heavy (non-hydrogen) atoms. The van der Waals surface area contributed by atoms with Crippen molar-refractivity contribution < 1.29 is 55.7 Å². The maximum absolute atomic E-state index is 12.6. The molecule has 0 unspecified atom stereocenters. The van der Waals surface area contributed by atoms with Gasteiger partial charge in [0.15, 0.2) is 0 Å². The molecule has 0 bridgehead atoms. The number of rotatable bonds is 7. The van der Waals surface area contributed by atoms with Gasteiger partial charge in [-0.25, -0.2) is 8.42 Å². The molecule has 0 aliphatic rings. The summed E-state index contributed by atoms with van der Waals surface area (Å²) in [6.07, 6.45) is -4.40. The second-order valence-electron chi connectivity index (χ2n) is 6.39. The molecule has 0 amide bonds. The third-order valence-electron chi connectivity index (χ3n) is 3.93. The molecule has 3 aromatic rings. The number of anilines is 1. The summed E-state index contributed by atoms with van der Waals surface area (Å²) < 4.78 is 69.5. The standard InChI is InChI=1S/C20H16F3N5O3S.Na/c21-20(22,23)14-1-3-16(4-2-14)25-27-18-9-11-19(12-10-18)28-26-17-7-5-15(6-8-17)24-13-32(29,30)31;/h1-12,24H,13H2,(H,29,30,31);/q;+1/p-1. The Morgan fingerprint density at radius 3 is 1.36 bits per heavy atom. The van der Waals surface area contributed by atoms with Crippen LogP contribution in [0.25, 0.3) is 0 Å². The van der Waals surface area contributed by atoms with Crippen LogP contribution in [-0.2, 0) is 16.3 Å². The number of nitrogens with one attached hydrogen (secondary N) is 1. The van der Waals surface area contributed by atoms with E-state index in [0.717, 1.165) is 12.1 Å². The van der Waals surface area contributed by atoms with Crippen LogP contribution in [0.5, 0.6) is 0 Å². The summed E-state index contributed by atoms with van der Waals surface area (Å²) in [4.78, 5) is 0. The number of hydrogen-bond acceptors (Lipinski definition) is 8. The summed E-state index contributed by atoms with van der Waals surface area (Å²) in [7, 11) is -4.37. The molecule has 0 fully saturated rings. The number of nitrogens with zero attached hydrogens (tertiary/aromatic N) is 4. The minimum absolute atomic E-state index is 0. The molecule has 0 atom stereocenters. The molecule has 166 valence electrons. The quantitative estimate of drug-likeness (QED) is 0.313. The summed E-state index contributed by atoms with van der Waals surface area (Å²) in [5.74, 6) is -0.712. The van der Waals surface area contributed by atoms with Crippen LogP contribution < -0.4 is 34.9 Å². The number of hydrogen-bond donors (Lipinski definition) is 1. The van der Waals surface area contributed by atoms with Gasteiger partial charge in [0, 0.05) is 5.69 Å². The largest absolute Gasteiger partial charge is 1.00 e. The molecule has 3 aromatic carbocycles. The van der Waals surface area contributed by atoms with Gasteiger partial charge in [0.2, 0.25) is 0 Å². The van der Waals surface area contributed by atoms with Gasteiger partial charge in [-0.3, -0.25) is 0 Å². The Balaban J connectivity index is 0.00000385. The monoisotopic (exact) mass is 485 g/mol. The second-order valence-corrected chi connectivity index (χ2v) is 7.79. The van der Waals surface area contributed by atoms with Crippen molar-refractivity contribution in [3.8, 4) is 0 Å². The van der Waals surface area contributed by atoms with E-state index in [-0.39, 0.29) is 35.2 Å².